The smallest absolute Gasteiger partial charge is 0.190 e. The Hall–Kier alpha value is -2.22. The van der Waals surface area contributed by atoms with E-state index in [1.807, 2.05) is 6.07 Å². The monoisotopic (exact) mass is 364 g/mol. The Balaban J connectivity index is 2.20. The number of Topliss-reactive ketones (excluding diaryl/α,β-unsaturated/α-hetero) is 2. The van der Waals surface area contributed by atoms with Crippen molar-refractivity contribution in [2.24, 2.45) is 11.3 Å². The van der Waals surface area contributed by atoms with Crippen molar-refractivity contribution in [3.63, 3.8) is 0 Å². The van der Waals surface area contributed by atoms with Crippen LogP contribution in [0.3, 0.4) is 0 Å². The van der Waals surface area contributed by atoms with Gasteiger partial charge < -0.3 is 0 Å². The zero-order chi connectivity index (χ0) is 20.4. The van der Waals surface area contributed by atoms with Gasteiger partial charge in [0, 0.05) is 22.3 Å². The summed E-state index contributed by atoms with van der Waals surface area (Å²) in [5.41, 5.74) is 4.98. The maximum Gasteiger partial charge on any atom is 0.190 e. The van der Waals surface area contributed by atoms with Crippen molar-refractivity contribution in [3.05, 3.63) is 69.8 Å². The minimum absolute atomic E-state index is 0.0124. The van der Waals surface area contributed by atoms with Crippen molar-refractivity contribution in [3.8, 4) is 0 Å². The Morgan fingerprint density at radius 2 is 1.59 bits per heavy atom. The largest absolute Gasteiger partial charge is 0.289 e. The van der Waals surface area contributed by atoms with Gasteiger partial charge in [-0.25, -0.2) is 0 Å². The van der Waals surface area contributed by atoms with Gasteiger partial charge in [0.25, 0.3) is 0 Å². The number of ketones is 2. The number of carbonyl (C=O) groups excluding carboxylic acids is 2. The quantitative estimate of drug-likeness (QED) is 0.524. The summed E-state index contributed by atoms with van der Waals surface area (Å²) in [4.78, 5) is 25.4. The first-order valence-corrected chi connectivity index (χ1v) is 9.76. The molecule has 0 radical (unpaired) electrons. The van der Waals surface area contributed by atoms with Crippen molar-refractivity contribution in [1.82, 2.24) is 0 Å². The molecule has 0 bridgehead atoms. The van der Waals surface area contributed by atoms with E-state index in [2.05, 4.69) is 53.7 Å². The molecule has 1 aromatic rings. The number of fused-ring (bicyclic) bond motifs is 1. The van der Waals surface area contributed by atoms with Crippen LogP contribution in [-0.2, 0) is 0 Å². The fourth-order valence-electron chi connectivity index (χ4n) is 3.70. The molecule has 0 fully saturated rings. The van der Waals surface area contributed by atoms with Crippen LogP contribution < -0.4 is 0 Å². The molecule has 1 aliphatic carbocycles. The van der Waals surface area contributed by atoms with E-state index in [0.29, 0.717) is 34.6 Å². The lowest BCUT2D eigenvalue weighted by Gasteiger charge is -2.23. The molecule has 2 nitrogen and oxygen atoms in total. The van der Waals surface area contributed by atoms with E-state index in [1.165, 1.54) is 11.1 Å². The second kappa shape index (κ2) is 8.21. The average Bonchev–Trinajstić information content (AvgIpc) is 2.58. The van der Waals surface area contributed by atoms with Gasteiger partial charge in [0.15, 0.2) is 11.6 Å². The molecule has 0 aromatic heterocycles. The molecular weight excluding hydrogens is 332 g/mol. The maximum atomic E-state index is 12.8. The number of allylic oxidation sites excluding steroid dienone is 6. The summed E-state index contributed by atoms with van der Waals surface area (Å²) in [5, 5.41) is 0. The summed E-state index contributed by atoms with van der Waals surface area (Å²) >= 11 is 0. The van der Waals surface area contributed by atoms with E-state index in [-0.39, 0.29) is 17.0 Å². The van der Waals surface area contributed by atoms with Crippen LogP contribution in [0.1, 0.15) is 82.0 Å². The Morgan fingerprint density at radius 3 is 2.15 bits per heavy atom. The molecule has 1 aliphatic rings. The molecule has 0 heterocycles. The predicted molar refractivity (Wildman–Crippen MR) is 113 cm³/mol. The molecule has 0 aliphatic heterocycles. The van der Waals surface area contributed by atoms with E-state index in [1.54, 1.807) is 25.1 Å². The lowest BCUT2D eigenvalue weighted by molar-refractivity contribution is 0.0973. The van der Waals surface area contributed by atoms with Crippen LogP contribution in [0, 0.1) is 11.3 Å². The van der Waals surface area contributed by atoms with Gasteiger partial charge in [0.2, 0.25) is 0 Å². The first-order chi connectivity index (χ1) is 12.5. The van der Waals surface area contributed by atoms with Gasteiger partial charge >= 0.3 is 0 Å². The molecule has 2 rings (SSSR count). The van der Waals surface area contributed by atoms with Crippen LogP contribution in [0.25, 0.3) is 0 Å². The first-order valence-electron chi connectivity index (χ1n) is 9.76. The molecule has 0 atom stereocenters. The minimum atomic E-state index is -0.0259. The van der Waals surface area contributed by atoms with Gasteiger partial charge in [-0.1, -0.05) is 75.3 Å². The van der Waals surface area contributed by atoms with Gasteiger partial charge in [-0.2, -0.15) is 0 Å². The molecule has 144 valence electrons. The highest BCUT2D eigenvalue weighted by Gasteiger charge is 2.28. The lowest BCUT2D eigenvalue weighted by Crippen LogP contribution is -2.20. The van der Waals surface area contributed by atoms with Crippen molar-refractivity contribution >= 4 is 11.6 Å². The van der Waals surface area contributed by atoms with Gasteiger partial charge in [0.1, 0.15) is 0 Å². The fourth-order valence-corrected chi connectivity index (χ4v) is 3.70. The van der Waals surface area contributed by atoms with Crippen molar-refractivity contribution < 1.29 is 9.59 Å². The molecule has 0 N–H and O–H groups in total. The minimum Gasteiger partial charge on any atom is -0.289 e. The SMILES string of the molecule is CC1=C(C/C=C(\C)CC(C)(C)/C=C(\C)C(C)C)C(=O)c2ccccc2C1=O. The highest BCUT2D eigenvalue weighted by atomic mass is 16.1. The van der Waals surface area contributed by atoms with Crippen LogP contribution in [0.5, 0.6) is 0 Å². The Labute approximate surface area is 164 Å². The molecule has 0 spiro atoms. The lowest BCUT2D eigenvalue weighted by atomic mass is 9.81. The zero-order valence-corrected chi connectivity index (χ0v) is 17.8. The normalized spacial score (nSPS) is 16.3. The second-order valence-corrected chi connectivity index (χ2v) is 8.77. The molecule has 27 heavy (non-hydrogen) atoms. The van der Waals surface area contributed by atoms with Crippen molar-refractivity contribution in [2.45, 2.75) is 61.3 Å². The summed E-state index contributed by atoms with van der Waals surface area (Å²) in [6.45, 7) is 15.0. The van der Waals surface area contributed by atoms with E-state index in [4.69, 9.17) is 0 Å². The molecule has 2 heteroatoms. The van der Waals surface area contributed by atoms with Crippen LogP contribution in [0.2, 0.25) is 0 Å². The van der Waals surface area contributed by atoms with E-state index in [9.17, 15) is 9.59 Å². The fraction of sp³-hybridized carbons (Fsp3) is 0.440. The van der Waals surface area contributed by atoms with Crippen molar-refractivity contribution in [2.75, 3.05) is 0 Å². The number of hydrogen-bond donors (Lipinski definition) is 0. The summed E-state index contributed by atoms with van der Waals surface area (Å²) in [6, 6.07) is 7.11. The molecule has 0 saturated carbocycles. The number of rotatable bonds is 6. The first kappa shape index (κ1) is 21.1. The molecule has 0 unspecified atom stereocenters. The van der Waals surface area contributed by atoms with Crippen LogP contribution >= 0.6 is 0 Å². The van der Waals surface area contributed by atoms with Gasteiger partial charge in [-0.3, -0.25) is 9.59 Å². The predicted octanol–water partition coefficient (Wildman–Crippen LogP) is 6.74. The van der Waals surface area contributed by atoms with Gasteiger partial charge in [0.05, 0.1) is 0 Å². The Morgan fingerprint density at radius 1 is 1.04 bits per heavy atom. The third-order valence-corrected chi connectivity index (χ3v) is 5.40. The summed E-state index contributed by atoms with van der Waals surface area (Å²) in [7, 11) is 0. The molecular formula is C25H32O2. The molecule has 0 amide bonds. The second-order valence-electron chi connectivity index (χ2n) is 8.77. The maximum absolute atomic E-state index is 12.8. The number of benzene rings is 1. The Kier molecular flexibility index (Phi) is 6.41. The summed E-state index contributed by atoms with van der Waals surface area (Å²) in [6.07, 6.45) is 5.91. The average molecular weight is 365 g/mol. The third-order valence-electron chi connectivity index (χ3n) is 5.40. The van der Waals surface area contributed by atoms with E-state index >= 15 is 0 Å². The van der Waals surface area contributed by atoms with E-state index < -0.39 is 0 Å². The molecule has 0 saturated heterocycles. The van der Waals surface area contributed by atoms with Crippen LogP contribution in [-0.4, -0.2) is 11.6 Å². The number of hydrogen-bond acceptors (Lipinski definition) is 2. The Bertz CT molecular complexity index is 845. The van der Waals surface area contributed by atoms with E-state index in [0.717, 1.165) is 6.42 Å². The standard InChI is InChI=1S/C25H32O2/c1-16(2)18(4)15-25(6,7)14-17(3)12-13-20-19(5)23(26)21-10-8-9-11-22(21)24(20)27/h8-12,15-16H,13-14H2,1-7H3/b17-12+,18-15+. The number of carbonyl (C=O) groups is 2. The molecule has 1 aromatic carbocycles. The topological polar surface area (TPSA) is 34.1 Å². The third kappa shape index (κ3) is 4.94. The van der Waals surface area contributed by atoms with Crippen molar-refractivity contribution in [1.29, 1.82) is 0 Å². The van der Waals surface area contributed by atoms with Gasteiger partial charge in [-0.05, 0) is 44.9 Å². The zero-order valence-electron chi connectivity index (χ0n) is 17.8. The van der Waals surface area contributed by atoms with Gasteiger partial charge in [-0.15, -0.1) is 0 Å². The summed E-state index contributed by atoms with van der Waals surface area (Å²) < 4.78 is 0. The summed E-state index contributed by atoms with van der Waals surface area (Å²) in [5.74, 6) is 0.510. The highest BCUT2D eigenvalue weighted by molar-refractivity contribution is 6.26. The van der Waals surface area contributed by atoms with Crippen LogP contribution in [0.15, 0.2) is 58.7 Å². The highest BCUT2D eigenvalue weighted by Crippen LogP contribution is 2.32. The van der Waals surface area contributed by atoms with Crippen LogP contribution in [0.4, 0.5) is 0 Å².